The van der Waals surface area contributed by atoms with E-state index in [2.05, 4.69) is 36.4 Å². The van der Waals surface area contributed by atoms with Gasteiger partial charge in [0.15, 0.2) is 0 Å². The van der Waals surface area contributed by atoms with Gasteiger partial charge < -0.3 is 9.79 Å². The molecule has 0 saturated heterocycles. The number of hydrogen-bond donors (Lipinski definition) is 2. The summed E-state index contributed by atoms with van der Waals surface area (Å²) in [5.41, 5.74) is 3.87. The SMILES string of the molecule is O=P(O)(O)CCc1cc2ccccc2c2ccc3c(c12)CCCC3. The summed E-state index contributed by atoms with van der Waals surface area (Å²) in [5, 5.41) is 4.82. The molecule has 4 rings (SSSR count). The second kappa shape index (κ2) is 6.00. The molecule has 0 aliphatic heterocycles. The highest BCUT2D eigenvalue weighted by Gasteiger charge is 2.19. The van der Waals surface area contributed by atoms with E-state index in [4.69, 9.17) is 0 Å². The molecule has 4 heteroatoms. The molecule has 3 aromatic carbocycles. The maximum absolute atomic E-state index is 11.4. The molecule has 3 aromatic rings. The van der Waals surface area contributed by atoms with Crippen molar-refractivity contribution in [1.82, 2.24) is 0 Å². The molecule has 0 spiro atoms. The molecule has 0 bridgehead atoms. The number of fused-ring (bicyclic) bond motifs is 5. The zero-order valence-corrected chi connectivity index (χ0v) is 14.4. The van der Waals surface area contributed by atoms with Crippen LogP contribution >= 0.6 is 7.60 Å². The standard InChI is InChI=1S/C20H21O3P/c21-24(22,23)12-11-16-13-15-6-2-3-7-17(15)19-10-9-14-5-1-4-8-18(14)20(16)19/h2-3,6-7,9-10,13H,1,4-5,8,11-12H2,(H2,21,22,23). The Morgan fingerprint density at radius 1 is 0.958 bits per heavy atom. The van der Waals surface area contributed by atoms with Crippen LogP contribution in [0.5, 0.6) is 0 Å². The van der Waals surface area contributed by atoms with Crippen LogP contribution in [-0.4, -0.2) is 15.9 Å². The normalized spacial score (nSPS) is 14.9. The molecule has 0 amide bonds. The molecule has 24 heavy (non-hydrogen) atoms. The minimum absolute atomic E-state index is 0.0931. The first-order valence-electron chi connectivity index (χ1n) is 8.52. The molecule has 0 aromatic heterocycles. The summed E-state index contributed by atoms with van der Waals surface area (Å²) in [5.74, 6) is 0. The van der Waals surface area contributed by atoms with Crippen LogP contribution in [0.1, 0.15) is 29.5 Å². The molecule has 0 unspecified atom stereocenters. The van der Waals surface area contributed by atoms with Crippen LogP contribution in [-0.2, 0) is 23.8 Å². The van der Waals surface area contributed by atoms with Crippen molar-refractivity contribution in [2.45, 2.75) is 32.1 Å². The molecule has 2 N–H and O–H groups in total. The van der Waals surface area contributed by atoms with Crippen molar-refractivity contribution in [3.05, 3.63) is 59.2 Å². The molecule has 0 radical (unpaired) electrons. The van der Waals surface area contributed by atoms with E-state index in [1.807, 2.05) is 6.07 Å². The number of rotatable bonds is 3. The first-order valence-corrected chi connectivity index (χ1v) is 10.3. The first kappa shape index (κ1) is 15.8. The Morgan fingerprint density at radius 2 is 1.75 bits per heavy atom. The van der Waals surface area contributed by atoms with Gasteiger partial charge in [0, 0.05) is 0 Å². The van der Waals surface area contributed by atoms with E-state index < -0.39 is 7.60 Å². The van der Waals surface area contributed by atoms with Gasteiger partial charge in [0.1, 0.15) is 0 Å². The number of benzene rings is 3. The Hall–Kier alpha value is -1.67. The first-order chi connectivity index (χ1) is 11.5. The maximum atomic E-state index is 11.4. The second-order valence-electron chi connectivity index (χ2n) is 6.73. The lowest BCUT2D eigenvalue weighted by molar-refractivity contribution is 0.373. The topological polar surface area (TPSA) is 57.5 Å². The van der Waals surface area contributed by atoms with E-state index in [0.29, 0.717) is 6.42 Å². The number of aryl methyl sites for hydroxylation is 3. The molecular formula is C20H21O3P. The van der Waals surface area contributed by atoms with Crippen molar-refractivity contribution < 1.29 is 14.4 Å². The minimum atomic E-state index is -4.00. The van der Waals surface area contributed by atoms with Gasteiger partial charge in [0.25, 0.3) is 0 Å². The predicted octanol–water partition coefficient (Wildman–Crippen LogP) is 4.59. The third kappa shape index (κ3) is 2.88. The third-order valence-corrected chi connectivity index (χ3v) is 5.91. The van der Waals surface area contributed by atoms with Crippen molar-refractivity contribution in [3.8, 4) is 0 Å². The van der Waals surface area contributed by atoms with Crippen LogP contribution in [0.2, 0.25) is 0 Å². The van der Waals surface area contributed by atoms with Crippen LogP contribution in [0.3, 0.4) is 0 Å². The summed E-state index contributed by atoms with van der Waals surface area (Å²) in [6.07, 6.45) is 4.91. The van der Waals surface area contributed by atoms with Gasteiger partial charge in [-0.2, -0.15) is 0 Å². The van der Waals surface area contributed by atoms with E-state index >= 15 is 0 Å². The third-order valence-electron chi connectivity index (χ3n) is 5.11. The van der Waals surface area contributed by atoms with Crippen LogP contribution < -0.4 is 0 Å². The zero-order chi connectivity index (χ0) is 16.7. The van der Waals surface area contributed by atoms with Crippen LogP contribution in [0, 0.1) is 0 Å². The van der Waals surface area contributed by atoms with Gasteiger partial charge in [0.2, 0.25) is 0 Å². The molecule has 0 fully saturated rings. The molecular weight excluding hydrogens is 319 g/mol. The fraction of sp³-hybridized carbons (Fsp3) is 0.300. The summed E-state index contributed by atoms with van der Waals surface area (Å²) in [6, 6.07) is 14.9. The predicted molar refractivity (Wildman–Crippen MR) is 98.7 cm³/mol. The molecule has 0 saturated carbocycles. The zero-order valence-electron chi connectivity index (χ0n) is 13.5. The van der Waals surface area contributed by atoms with Gasteiger partial charge in [0.05, 0.1) is 6.16 Å². The Kier molecular flexibility index (Phi) is 3.96. The van der Waals surface area contributed by atoms with E-state index in [-0.39, 0.29) is 6.16 Å². The largest absolute Gasteiger partial charge is 0.325 e. The molecule has 1 aliphatic carbocycles. The van der Waals surface area contributed by atoms with Gasteiger partial charge >= 0.3 is 7.60 Å². The quantitative estimate of drug-likeness (QED) is 0.541. The molecule has 124 valence electrons. The second-order valence-corrected chi connectivity index (χ2v) is 8.50. The highest BCUT2D eigenvalue weighted by molar-refractivity contribution is 7.51. The van der Waals surface area contributed by atoms with E-state index in [1.165, 1.54) is 40.1 Å². The fourth-order valence-electron chi connectivity index (χ4n) is 4.01. The lowest BCUT2D eigenvalue weighted by atomic mass is 9.84. The Balaban J connectivity index is 2.01. The van der Waals surface area contributed by atoms with Crippen molar-refractivity contribution in [2.24, 2.45) is 0 Å². The van der Waals surface area contributed by atoms with Crippen molar-refractivity contribution in [2.75, 3.05) is 6.16 Å². The monoisotopic (exact) mass is 340 g/mol. The lowest BCUT2D eigenvalue weighted by Crippen LogP contribution is -2.05. The van der Waals surface area contributed by atoms with E-state index in [9.17, 15) is 14.4 Å². The Labute approximate surface area is 141 Å². The van der Waals surface area contributed by atoms with Gasteiger partial charge in [-0.25, -0.2) is 0 Å². The van der Waals surface area contributed by atoms with Crippen molar-refractivity contribution in [1.29, 1.82) is 0 Å². The van der Waals surface area contributed by atoms with Gasteiger partial charge in [-0.05, 0) is 70.3 Å². The summed E-state index contributed by atoms with van der Waals surface area (Å²) in [7, 11) is -4.00. The summed E-state index contributed by atoms with van der Waals surface area (Å²) in [6.45, 7) is 0. The number of hydrogen-bond acceptors (Lipinski definition) is 1. The van der Waals surface area contributed by atoms with Crippen LogP contribution in [0.4, 0.5) is 0 Å². The highest BCUT2D eigenvalue weighted by atomic mass is 31.2. The minimum Gasteiger partial charge on any atom is -0.324 e. The molecule has 3 nitrogen and oxygen atoms in total. The summed E-state index contributed by atoms with van der Waals surface area (Å²) >= 11 is 0. The molecule has 0 atom stereocenters. The maximum Gasteiger partial charge on any atom is 0.325 e. The fourth-order valence-corrected chi connectivity index (χ4v) is 4.54. The summed E-state index contributed by atoms with van der Waals surface area (Å²) < 4.78 is 11.4. The highest BCUT2D eigenvalue weighted by Crippen LogP contribution is 2.39. The van der Waals surface area contributed by atoms with E-state index in [1.54, 1.807) is 0 Å². The van der Waals surface area contributed by atoms with Crippen molar-refractivity contribution in [3.63, 3.8) is 0 Å². The average molecular weight is 340 g/mol. The average Bonchev–Trinajstić information content (AvgIpc) is 2.58. The summed E-state index contributed by atoms with van der Waals surface area (Å²) in [4.78, 5) is 18.6. The smallest absolute Gasteiger partial charge is 0.324 e. The molecule has 0 heterocycles. The van der Waals surface area contributed by atoms with Gasteiger partial charge in [-0.1, -0.05) is 42.5 Å². The van der Waals surface area contributed by atoms with Gasteiger partial charge in [-0.15, -0.1) is 0 Å². The van der Waals surface area contributed by atoms with Gasteiger partial charge in [-0.3, -0.25) is 4.57 Å². The Morgan fingerprint density at radius 3 is 2.58 bits per heavy atom. The Bertz CT molecular complexity index is 971. The molecule has 1 aliphatic rings. The van der Waals surface area contributed by atoms with Crippen LogP contribution in [0.15, 0.2) is 42.5 Å². The lowest BCUT2D eigenvalue weighted by Gasteiger charge is -2.21. The van der Waals surface area contributed by atoms with E-state index in [0.717, 1.165) is 23.8 Å². The van der Waals surface area contributed by atoms with Crippen LogP contribution in [0.25, 0.3) is 21.5 Å². The van der Waals surface area contributed by atoms with Crippen molar-refractivity contribution >= 4 is 29.1 Å².